The number of anilines is 5. The Morgan fingerprint density at radius 3 is 2.61 bits per heavy atom. The molecule has 0 aliphatic carbocycles. The molecule has 38 heavy (non-hydrogen) atoms. The van der Waals surface area contributed by atoms with Crippen LogP contribution in [0.1, 0.15) is 27.2 Å². The Morgan fingerprint density at radius 1 is 1.16 bits per heavy atom. The van der Waals surface area contributed by atoms with Gasteiger partial charge in [-0.25, -0.2) is 13.4 Å². The normalized spacial score (nSPS) is 15.8. The lowest BCUT2D eigenvalue weighted by molar-refractivity contribution is 0.315. The molecular formula is C27H35ClN6O3S. The van der Waals surface area contributed by atoms with Crippen LogP contribution in [0, 0.1) is 0 Å². The number of sulfone groups is 1. The fourth-order valence-electron chi connectivity index (χ4n) is 4.32. The highest BCUT2D eigenvalue weighted by Gasteiger charge is 2.25. The van der Waals surface area contributed by atoms with Gasteiger partial charge in [0.2, 0.25) is 5.95 Å². The molecule has 2 N–H and O–H groups in total. The van der Waals surface area contributed by atoms with Crippen LogP contribution in [-0.4, -0.2) is 68.4 Å². The van der Waals surface area contributed by atoms with Gasteiger partial charge in [0.25, 0.3) is 0 Å². The SMILES string of the molecule is CCOc1cc(N2CC[C@@H](N(C)C)C2)ccc1Nc1ncc(Cl)c(Nc2ccccc2S(=O)(=O)C(C)C)n1. The van der Waals surface area contributed by atoms with E-state index in [9.17, 15) is 8.42 Å². The van der Waals surface area contributed by atoms with Crippen LogP contribution in [0.2, 0.25) is 5.02 Å². The maximum atomic E-state index is 12.9. The Bertz CT molecular complexity index is 1380. The molecule has 1 aromatic heterocycles. The predicted molar refractivity (Wildman–Crippen MR) is 154 cm³/mol. The molecule has 0 amide bonds. The van der Waals surface area contributed by atoms with Crippen molar-refractivity contribution in [3.05, 3.63) is 53.7 Å². The van der Waals surface area contributed by atoms with Crippen molar-refractivity contribution >= 4 is 50.3 Å². The van der Waals surface area contributed by atoms with E-state index < -0.39 is 15.1 Å². The van der Waals surface area contributed by atoms with E-state index in [0.717, 1.165) is 30.9 Å². The van der Waals surface area contributed by atoms with Gasteiger partial charge in [-0.05, 0) is 65.6 Å². The number of rotatable bonds is 10. The van der Waals surface area contributed by atoms with Gasteiger partial charge in [0.1, 0.15) is 10.8 Å². The van der Waals surface area contributed by atoms with Gasteiger partial charge in [-0.2, -0.15) is 4.98 Å². The Morgan fingerprint density at radius 2 is 1.92 bits per heavy atom. The molecule has 9 nitrogen and oxygen atoms in total. The number of likely N-dealkylation sites (N-methyl/N-ethyl adjacent to an activating group) is 1. The molecule has 0 unspecified atom stereocenters. The van der Waals surface area contributed by atoms with E-state index in [0.29, 0.717) is 30.0 Å². The Balaban J connectivity index is 1.59. The lowest BCUT2D eigenvalue weighted by Crippen LogP contribution is -2.31. The van der Waals surface area contributed by atoms with E-state index in [1.165, 1.54) is 6.20 Å². The molecule has 0 bridgehead atoms. The summed E-state index contributed by atoms with van der Waals surface area (Å²) in [6, 6.07) is 13.3. The van der Waals surface area contributed by atoms with Crippen LogP contribution in [0.4, 0.5) is 28.8 Å². The molecule has 204 valence electrons. The van der Waals surface area contributed by atoms with Crippen LogP contribution in [0.5, 0.6) is 5.75 Å². The first kappa shape index (κ1) is 27.9. The van der Waals surface area contributed by atoms with E-state index >= 15 is 0 Å². The highest BCUT2D eigenvalue weighted by molar-refractivity contribution is 7.92. The van der Waals surface area contributed by atoms with E-state index in [1.54, 1.807) is 38.1 Å². The van der Waals surface area contributed by atoms with Crippen molar-refractivity contribution < 1.29 is 13.2 Å². The predicted octanol–water partition coefficient (Wildman–Crippen LogP) is 5.34. The van der Waals surface area contributed by atoms with Gasteiger partial charge in [-0.1, -0.05) is 23.7 Å². The summed E-state index contributed by atoms with van der Waals surface area (Å²) < 4.78 is 31.7. The second-order valence-corrected chi connectivity index (χ2v) is 12.6. The number of halogens is 1. The highest BCUT2D eigenvalue weighted by atomic mass is 35.5. The first-order valence-electron chi connectivity index (χ1n) is 12.7. The van der Waals surface area contributed by atoms with Gasteiger partial charge in [0, 0.05) is 30.9 Å². The van der Waals surface area contributed by atoms with Gasteiger partial charge in [-0.3, -0.25) is 0 Å². The third-order valence-corrected chi connectivity index (χ3v) is 9.07. The molecule has 0 radical (unpaired) electrons. The number of hydrogen-bond donors (Lipinski definition) is 2. The van der Waals surface area contributed by atoms with E-state index in [-0.39, 0.29) is 15.7 Å². The van der Waals surface area contributed by atoms with Gasteiger partial charge in [-0.15, -0.1) is 0 Å². The molecule has 1 fully saturated rings. The second-order valence-electron chi connectivity index (χ2n) is 9.70. The maximum Gasteiger partial charge on any atom is 0.229 e. The summed E-state index contributed by atoms with van der Waals surface area (Å²) >= 11 is 6.39. The lowest BCUT2D eigenvalue weighted by atomic mass is 10.2. The molecule has 1 aliphatic rings. The number of aromatic nitrogens is 2. The van der Waals surface area contributed by atoms with Gasteiger partial charge >= 0.3 is 0 Å². The summed E-state index contributed by atoms with van der Waals surface area (Å²) in [6.07, 6.45) is 2.59. The zero-order chi connectivity index (χ0) is 27.4. The van der Waals surface area contributed by atoms with Crippen molar-refractivity contribution in [3.8, 4) is 5.75 Å². The topological polar surface area (TPSA) is 99.7 Å². The summed E-state index contributed by atoms with van der Waals surface area (Å²) in [5.74, 6) is 1.28. The number of hydrogen-bond acceptors (Lipinski definition) is 9. The van der Waals surface area contributed by atoms with Crippen molar-refractivity contribution in [3.63, 3.8) is 0 Å². The van der Waals surface area contributed by atoms with Crippen LogP contribution >= 0.6 is 11.6 Å². The average Bonchev–Trinajstić information content (AvgIpc) is 3.38. The zero-order valence-electron chi connectivity index (χ0n) is 22.4. The Kier molecular flexibility index (Phi) is 8.64. The fraction of sp³-hybridized carbons (Fsp3) is 0.407. The van der Waals surface area contributed by atoms with Crippen LogP contribution < -0.4 is 20.3 Å². The van der Waals surface area contributed by atoms with Crippen LogP contribution in [0.15, 0.2) is 53.6 Å². The third-order valence-electron chi connectivity index (χ3n) is 6.58. The maximum absolute atomic E-state index is 12.9. The highest BCUT2D eigenvalue weighted by Crippen LogP contribution is 2.35. The minimum atomic E-state index is -3.52. The quantitative estimate of drug-likeness (QED) is 0.341. The van der Waals surface area contributed by atoms with Crippen LogP contribution in [-0.2, 0) is 9.84 Å². The van der Waals surface area contributed by atoms with E-state index in [4.69, 9.17) is 16.3 Å². The van der Waals surface area contributed by atoms with Crippen molar-refractivity contribution in [1.29, 1.82) is 0 Å². The number of benzene rings is 2. The molecule has 0 spiro atoms. The first-order chi connectivity index (χ1) is 18.1. The number of ether oxygens (including phenoxy) is 1. The molecule has 1 atom stereocenters. The molecule has 4 rings (SSSR count). The number of nitrogens with zero attached hydrogens (tertiary/aromatic N) is 4. The molecule has 0 saturated carbocycles. The number of para-hydroxylation sites is 1. The third kappa shape index (κ3) is 6.14. The molecule has 1 aliphatic heterocycles. The van der Waals surface area contributed by atoms with E-state index in [1.807, 2.05) is 19.1 Å². The summed E-state index contributed by atoms with van der Waals surface area (Å²) in [4.78, 5) is 13.7. The fourth-order valence-corrected chi connectivity index (χ4v) is 5.66. The smallest absolute Gasteiger partial charge is 0.229 e. The minimum absolute atomic E-state index is 0.187. The standard InChI is InChI=1S/C27H35ClN6O3S/c1-6-37-24-15-19(34-14-13-20(17-34)33(4)5)11-12-22(24)31-27-29-16-21(28)26(32-27)30-23-9-7-8-10-25(23)38(35,36)18(2)3/h7-12,15-16,18,20H,6,13-14,17H2,1-5H3,(H2,29,30,31,32)/t20-/m1/s1. The molecule has 11 heteroatoms. The van der Waals surface area contributed by atoms with Crippen LogP contribution in [0.3, 0.4) is 0 Å². The van der Waals surface area contributed by atoms with Crippen molar-refractivity contribution in [2.24, 2.45) is 0 Å². The summed E-state index contributed by atoms with van der Waals surface area (Å²) in [6.45, 7) is 7.71. The van der Waals surface area contributed by atoms with Crippen molar-refractivity contribution in [1.82, 2.24) is 14.9 Å². The summed E-state index contributed by atoms with van der Waals surface area (Å²) in [7, 11) is 0.711. The summed E-state index contributed by atoms with van der Waals surface area (Å²) in [5, 5.41) is 6.00. The van der Waals surface area contributed by atoms with Gasteiger partial charge in [0.15, 0.2) is 15.7 Å². The van der Waals surface area contributed by atoms with Crippen molar-refractivity contribution in [2.75, 3.05) is 49.3 Å². The van der Waals surface area contributed by atoms with Gasteiger partial charge in [0.05, 0.1) is 34.3 Å². The first-order valence-corrected chi connectivity index (χ1v) is 14.6. The molecule has 2 heterocycles. The van der Waals surface area contributed by atoms with Gasteiger partial charge < -0.3 is 25.2 Å². The van der Waals surface area contributed by atoms with Crippen molar-refractivity contribution in [2.45, 2.75) is 43.4 Å². The summed E-state index contributed by atoms with van der Waals surface area (Å²) in [5.41, 5.74) is 2.22. The van der Waals surface area contributed by atoms with E-state index in [2.05, 4.69) is 50.6 Å². The second kappa shape index (κ2) is 11.8. The largest absolute Gasteiger partial charge is 0.492 e. The minimum Gasteiger partial charge on any atom is -0.492 e. The molecule has 2 aromatic carbocycles. The Labute approximate surface area is 230 Å². The Hall–Kier alpha value is -3.08. The molecular weight excluding hydrogens is 524 g/mol. The molecule has 3 aromatic rings. The van der Waals surface area contributed by atoms with Crippen LogP contribution in [0.25, 0.3) is 0 Å². The lowest BCUT2D eigenvalue weighted by Gasteiger charge is -2.23. The molecule has 1 saturated heterocycles. The number of nitrogens with one attached hydrogen (secondary N) is 2. The average molecular weight is 559 g/mol. The monoisotopic (exact) mass is 558 g/mol. The zero-order valence-corrected chi connectivity index (χ0v) is 24.0.